The average Bonchev–Trinajstić information content (AvgIpc) is 2.59. The van der Waals surface area contributed by atoms with Crippen LogP contribution in [0.25, 0.3) is 0 Å². The largest absolute Gasteiger partial charge is 0.496 e. The third kappa shape index (κ3) is 8.48. The van der Waals surface area contributed by atoms with Gasteiger partial charge in [0.1, 0.15) is 5.75 Å². The molecule has 1 aromatic rings. The Morgan fingerprint density at radius 1 is 1.16 bits per heavy atom. The summed E-state index contributed by atoms with van der Waals surface area (Å²) >= 11 is 7.09. The van der Waals surface area contributed by atoms with E-state index in [1.807, 2.05) is 0 Å². The van der Waals surface area contributed by atoms with Gasteiger partial charge in [-0.05, 0) is 59.4 Å². The molecule has 1 rings (SSSR count). The van der Waals surface area contributed by atoms with E-state index in [4.69, 9.17) is 17.0 Å². The van der Waals surface area contributed by atoms with Crippen LogP contribution in [0, 0.1) is 3.57 Å². The fourth-order valence-corrected chi connectivity index (χ4v) is 3.00. The zero-order chi connectivity index (χ0) is 18.7. The van der Waals surface area contributed by atoms with Gasteiger partial charge in [-0.25, -0.2) is 0 Å². The standard InChI is InChI=1S/C17H24IN3O3S/c1-3-4-5-6-7-8-15(22)19-17(25)21-20-16(23)12-9-10-14(24-2)13(18)11-12/h9-11H,3-8H2,1-2H3,(H,20,23)(H2,19,21,22,25). The molecule has 0 spiro atoms. The first-order valence-electron chi connectivity index (χ1n) is 8.21. The Kier molecular flexibility index (Phi) is 10.4. The number of rotatable bonds is 8. The molecule has 2 amide bonds. The van der Waals surface area contributed by atoms with Crippen molar-refractivity contribution < 1.29 is 14.3 Å². The molecule has 0 bridgehead atoms. The number of amides is 2. The summed E-state index contributed by atoms with van der Waals surface area (Å²) in [5, 5.41) is 2.63. The van der Waals surface area contributed by atoms with Crippen LogP contribution in [0.15, 0.2) is 18.2 Å². The number of unbranched alkanes of at least 4 members (excludes halogenated alkanes) is 4. The summed E-state index contributed by atoms with van der Waals surface area (Å²) in [6, 6.07) is 5.07. The van der Waals surface area contributed by atoms with Gasteiger partial charge in [-0.15, -0.1) is 0 Å². The van der Waals surface area contributed by atoms with Crippen LogP contribution >= 0.6 is 34.8 Å². The lowest BCUT2D eigenvalue weighted by Crippen LogP contribution is -2.48. The Balaban J connectivity index is 2.32. The maximum atomic E-state index is 12.1. The van der Waals surface area contributed by atoms with E-state index < -0.39 is 0 Å². The van der Waals surface area contributed by atoms with E-state index in [1.165, 1.54) is 12.8 Å². The minimum Gasteiger partial charge on any atom is -0.496 e. The van der Waals surface area contributed by atoms with Crippen molar-refractivity contribution in [2.24, 2.45) is 0 Å². The van der Waals surface area contributed by atoms with Gasteiger partial charge in [0.05, 0.1) is 10.7 Å². The number of hydrazine groups is 1. The maximum Gasteiger partial charge on any atom is 0.269 e. The topological polar surface area (TPSA) is 79.5 Å². The Morgan fingerprint density at radius 2 is 1.88 bits per heavy atom. The van der Waals surface area contributed by atoms with Crippen LogP contribution in [-0.2, 0) is 4.79 Å². The SMILES string of the molecule is CCCCCCCC(=O)NC(=S)NNC(=O)c1ccc(OC)c(I)c1. The van der Waals surface area contributed by atoms with Crippen molar-refractivity contribution in [3.8, 4) is 5.75 Å². The van der Waals surface area contributed by atoms with E-state index in [1.54, 1.807) is 25.3 Å². The molecule has 0 unspecified atom stereocenters. The smallest absolute Gasteiger partial charge is 0.269 e. The van der Waals surface area contributed by atoms with Crippen LogP contribution in [0.1, 0.15) is 55.8 Å². The van der Waals surface area contributed by atoms with Gasteiger partial charge in [0, 0.05) is 12.0 Å². The van der Waals surface area contributed by atoms with Crippen molar-refractivity contribution >= 4 is 51.7 Å². The van der Waals surface area contributed by atoms with Crippen LogP contribution in [0.5, 0.6) is 5.75 Å². The molecule has 0 fully saturated rings. The molecule has 0 saturated carbocycles. The highest BCUT2D eigenvalue weighted by Gasteiger charge is 2.10. The van der Waals surface area contributed by atoms with Crippen molar-refractivity contribution in [3.63, 3.8) is 0 Å². The monoisotopic (exact) mass is 477 g/mol. The minimum absolute atomic E-state index is 0.0788. The van der Waals surface area contributed by atoms with Gasteiger partial charge < -0.3 is 10.1 Å². The van der Waals surface area contributed by atoms with Gasteiger partial charge in [-0.1, -0.05) is 32.6 Å². The number of benzene rings is 1. The van der Waals surface area contributed by atoms with E-state index in [0.717, 1.165) is 22.8 Å². The van der Waals surface area contributed by atoms with Gasteiger partial charge in [0.2, 0.25) is 5.91 Å². The molecule has 0 aromatic heterocycles. The molecule has 1 aromatic carbocycles. The first-order chi connectivity index (χ1) is 12.0. The molecule has 0 aliphatic heterocycles. The van der Waals surface area contributed by atoms with Crippen molar-refractivity contribution in [1.29, 1.82) is 0 Å². The first-order valence-corrected chi connectivity index (χ1v) is 9.70. The molecule has 0 radical (unpaired) electrons. The lowest BCUT2D eigenvalue weighted by molar-refractivity contribution is -0.119. The summed E-state index contributed by atoms with van der Waals surface area (Å²) in [4.78, 5) is 23.8. The average molecular weight is 477 g/mol. The Morgan fingerprint density at radius 3 is 2.52 bits per heavy atom. The van der Waals surface area contributed by atoms with E-state index in [0.29, 0.717) is 17.7 Å². The number of ether oxygens (including phenoxy) is 1. The van der Waals surface area contributed by atoms with Gasteiger partial charge in [0.25, 0.3) is 5.91 Å². The highest BCUT2D eigenvalue weighted by atomic mass is 127. The molecule has 0 atom stereocenters. The molecule has 0 saturated heterocycles. The lowest BCUT2D eigenvalue weighted by Gasteiger charge is -2.11. The Hall–Kier alpha value is -1.42. The van der Waals surface area contributed by atoms with Gasteiger partial charge >= 0.3 is 0 Å². The quantitative estimate of drug-likeness (QED) is 0.232. The van der Waals surface area contributed by atoms with Gasteiger partial charge in [-0.3, -0.25) is 20.4 Å². The Labute approximate surface area is 167 Å². The summed E-state index contributed by atoms with van der Waals surface area (Å²) in [5.41, 5.74) is 5.46. The van der Waals surface area contributed by atoms with Crippen LogP contribution in [0.2, 0.25) is 0 Å². The second-order valence-electron chi connectivity index (χ2n) is 5.47. The molecule has 25 heavy (non-hydrogen) atoms. The molecule has 6 nitrogen and oxygen atoms in total. The van der Waals surface area contributed by atoms with Gasteiger partial charge in [0.15, 0.2) is 5.11 Å². The number of methoxy groups -OCH3 is 1. The fraction of sp³-hybridized carbons (Fsp3) is 0.471. The predicted molar refractivity (Wildman–Crippen MR) is 110 cm³/mol. The normalized spacial score (nSPS) is 10.0. The maximum absolute atomic E-state index is 12.1. The molecular formula is C17H24IN3O3S. The first kappa shape index (κ1) is 21.6. The van der Waals surface area contributed by atoms with Crippen LogP contribution < -0.4 is 20.9 Å². The zero-order valence-electron chi connectivity index (χ0n) is 14.5. The highest BCUT2D eigenvalue weighted by molar-refractivity contribution is 14.1. The van der Waals surface area contributed by atoms with Crippen molar-refractivity contribution in [2.75, 3.05) is 7.11 Å². The molecule has 0 aliphatic rings. The van der Waals surface area contributed by atoms with E-state index in [-0.39, 0.29) is 16.9 Å². The van der Waals surface area contributed by atoms with Crippen molar-refractivity contribution in [1.82, 2.24) is 16.2 Å². The van der Waals surface area contributed by atoms with Crippen molar-refractivity contribution in [3.05, 3.63) is 27.3 Å². The number of halogens is 1. The van der Waals surface area contributed by atoms with Crippen LogP contribution in [-0.4, -0.2) is 24.0 Å². The summed E-state index contributed by atoms with van der Waals surface area (Å²) in [6.07, 6.45) is 5.81. The second-order valence-corrected chi connectivity index (χ2v) is 7.04. The van der Waals surface area contributed by atoms with E-state index in [2.05, 4.69) is 45.7 Å². The van der Waals surface area contributed by atoms with E-state index in [9.17, 15) is 9.59 Å². The Bertz CT molecular complexity index is 611. The predicted octanol–water partition coefficient (Wildman–Crippen LogP) is 3.30. The minimum atomic E-state index is -0.350. The fourth-order valence-electron chi connectivity index (χ4n) is 2.10. The lowest BCUT2D eigenvalue weighted by atomic mass is 10.1. The molecule has 138 valence electrons. The number of hydrogen-bond donors (Lipinski definition) is 3. The third-order valence-electron chi connectivity index (χ3n) is 3.46. The van der Waals surface area contributed by atoms with Crippen LogP contribution in [0.4, 0.5) is 0 Å². The molecule has 0 heterocycles. The molecular weight excluding hydrogens is 453 g/mol. The number of carbonyl (C=O) groups is 2. The number of thiocarbonyl (C=S) groups is 1. The summed E-state index contributed by atoms with van der Waals surface area (Å²) in [7, 11) is 1.57. The summed E-state index contributed by atoms with van der Waals surface area (Å²) in [5.74, 6) is 0.200. The second kappa shape index (κ2) is 12.0. The van der Waals surface area contributed by atoms with Crippen molar-refractivity contribution in [2.45, 2.75) is 45.4 Å². The number of nitrogens with one attached hydrogen (secondary N) is 3. The van der Waals surface area contributed by atoms with Crippen LogP contribution in [0.3, 0.4) is 0 Å². The molecule has 3 N–H and O–H groups in total. The highest BCUT2D eigenvalue weighted by Crippen LogP contribution is 2.21. The number of hydrogen-bond acceptors (Lipinski definition) is 4. The third-order valence-corrected chi connectivity index (χ3v) is 4.51. The van der Waals surface area contributed by atoms with E-state index >= 15 is 0 Å². The number of carbonyl (C=O) groups excluding carboxylic acids is 2. The molecule has 0 aliphatic carbocycles. The van der Waals surface area contributed by atoms with Gasteiger partial charge in [-0.2, -0.15) is 0 Å². The summed E-state index contributed by atoms with van der Waals surface area (Å²) in [6.45, 7) is 2.15. The molecule has 8 heteroatoms. The zero-order valence-corrected chi connectivity index (χ0v) is 17.5. The summed E-state index contributed by atoms with van der Waals surface area (Å²) < 4.78 is 5.98.